The Morgan fingerprint density at radius 2 is 1.94 bits per heavy atom. The van der Waals surface area contributed by atoms with Gasteiger partial charge in [0.2, 0.25) is 0 Å². The number of aromatic nitrogens is 1. The lowest BCUT2D eigenvalue weighted by molar-refractivity contribution is -0.140. The first-order chi connectivity index (χ1) is 8.38. The maximum Gasteiger partial charge on any atom is 0.328 e. The topological polar surface area (TPSA) is 99.5 Å². The molecule has 6 nitrogen and oxygen atoms in total. The Labute approximate surface area is 116 Å². The van der Waals surface area contributed by atoms with Gasteiger partial charge in [-0.25, -0.2) is 9.78 Å². The number of carbonyl (C=O) groups is 2. The largest absolute Gasteiger partial charge is 0.480 e. The van der Waals surface area contributed by atoms with E-state index in [4.69, 9.17) is 45.0 Å². The van der Waals surface area contributed by atoms with Crippen molar-refractivity contribution in [2.24, 2.45) is 0 Å². The van der Waals surface area contributed by atoms with Gasteiger partial charge in [0.25, 0.3) is 5.91 Å². The van der Waals surface area contributed by atoms with Crippen molar-refractivity contribution in [2.45, 2.75) is 6.04 Å². The summed E-state index contributed by atoms with van der Waals surface area (Å²) in [5.41, 5.74) is -0.272. The Morgan fingerprint density at radius 3 is 2.44 bits per heavy atom. The van der Waals surface area contributed by atoms with Gasteiger partial charge in [-0.05, 0) is 0 Å². The molecule has 1 rings (SSSR count). The SMILES string of the molecule is O=C(N[C@H](CO)C(=O)O)c1ncc(Cl)c(Cl)c1Cl. The molecule has 0 saturated carbocycles. The molecule has 1 heterocycles. The van der Waals surface area contributed by atoms with E-state index in [1.165, 1.54) is 0 Å². The lowest BCUT2D eigenvalue weighted by Gasteiger charge is -2.12. The summed E-state index contributed by atoms with van der Waals surface area (Å²) in [6.45, 7) is -0.764. The minimum atomic E-state index is -1.45. The minimum Gasteiger partial charge on any atom is -0.480 e. The van der Waals surface area contributed by atoms with Crippen LogP contribution in [0.1, 0.15) is 10.5 Å². The smallest absolute Gasteiger partial charge is 0.328 e. The number of carboxylic acids is 1. The van der Waals surface area contributed by atoms with E-state index in [0.29, 0.717) is 0 Å². The van der Waals surface area contributed by atoms with E-state index < -0.39 is 24.5 Å². The van der Waals surface area contributed by atoms with Crippen LogP contribution in [0, 0.1) is 0 Å². The number of carbonyl (C=O) groups excluding carboxylic acids is 1. The van der Waals surface area contributed by atoms with Crippen molar-refractivity contribution in [3.63, 3.8) is 0 Å². The number of nitrogens with one attached hydrogen (secondary N) is 1. The van der Waals surface area contributed by atoms with E-state index in [1.54, 1.807) is 0 Å². The number of pyridine rings is 1. The summed E-state index contributed by atoms with van der Waals surface area (Å²) in [5.74, 6) is -2.26. The number of hydrogen-bond acceptors (Lipinski definition) is 4. The molecule has 0 saturated heterocycles. The van der Waals surface area contributed by atoms with Crippen molar-refractivity contribution < 1.29 is 19.8 Å². The van der Waals surface area contributed by atoms with Gasteiger partial charge >= 0.3 is 5.97 Å². The summed E-state index contributed by atoms with van der Waals surface area (Å²) in [5, 5.41) is 19.3. The molecule has 0 radical (unpaired) electrons. The van der Waals surface area contributed by atoms with Crippen molar-refractivity contribution in [3.05, 3.63) is 27.0 Å². The third-order valence-corrected chi connectivity index (χ3v) is 3.16. The molecule has 3 N–H and O–H groups in total. The lowest BCUT2D eigenvalue weighted by Crippen LogP contribution is -2.43. The molecule has 0 fully saturated rings. The summed E-state index contributed by atoms with van der Waals surface area (Å²) in [6.07, 6.45) is 1.11. The third-order valence-electron chi connectivity index (χ3n) is 1.92. The number of rotatable bonds is 4. The van der Waals surface area contributed by atoms with Gasteiger partial charge in [0, 0.05) is 6.20 Å². The molecular weight excluding hydrogens is 306 g/mol. The molecule has 18 heavy (non-hydrogen) atoms. The molecule has 0 aliphatic carbocycles. The number of aliphatic hydroxyl groups is 1. The molecule has 0 aromatic carbocycles. The first-order valence-corrected chi connectivity index (χ1v) is 5.66. The van der Waals surface area contributed by atoms with Crippen molar-refractivity contribution in [1.82, 2.24) is 10.3 Å². The maximum atomic E-state index is 11.7. The number of halogens is 3. The van der Waals surface area contributed by atoms with E-state index in [1.807, 2.05) is 5.32 Å². The minimum absolute atomic E-state index is 0.0608. The summed E-state index contributed by atoms with van der Waals surface area (Å²) in [7, 11) is 0. The predicted octanol–water partition coefficient (Wildman–Crippen LogP) is 1.22. The lowest BCUT2D eigenvalue weighted by atomic mass is 10.2. The Morgan fingerprint density at radius 1 is 1.33 bits per heavy atom. The zero-order chi connectivity index (χ0) is 13.9. The monoisotopic (exact) mass is 312 g/mol. The van der Waals surface area contributed by atoms with Gasteiger partial charge in [-0.1, -0.05) is 34.8 Å². The maximum absolute atomic E-state index is 11.7. The van der Waals surface area contributed by atoms with E-state index in [-0.39, 0.29) is 20.8 Å². The molecule has 0 spiro atoms. The van der Waals surface area contributed by atoms with Crippen LogP contribution in [0.25, 0.3) is 0 Å². The van der Waals surface area contributed by atoms with Gasteiger partial charge in [0.05, 0.1) is 21.7 Å². The summed E-state index contributed by atoms with van der Waals surface area (Å²) >= 11 is 17.1. The molecule has 1 atom stereocenters. The fraction of sp³-hybridized carbons (Fsp3) is 0.222. The van der Waals surface area contributed by atoms with E-state index in [2.05, 4.69) is 4.98 Å². The van der Waals surface area contributed by atoms with Crippen LogP contribution in [-0.4, -0.2) is 39.7 Å². The zero-order valence-electron chi connectivity index (χ0n) is 8.65. The number of hydrogen-bond donors (Lipinski definition) is 3. The summed E-state index contributed by atoms with van der Waals surface area (Å²) in [6, 6.07) is -1.45. The van der Waals surface area contributed by atoms with Crippen LogP contribution in [0.3, 0.4) is 0 Å². The molecule has 0 aliphatic heterocycles. The van der Waals surface area contributed by atoms with Crippen molar-refractivity contribution in [1.29, 1.82) is 0 Å². The second-order valence-corrected chi connectivity index (χ2v) is 4.29. The van der Waals surface area contributed by atoms with E-state index >= 15 is 0 Å². The van der Waals surface area contributed by atoms with Crippen LogP contribution >= 0.6 is 34.8 Å². The molecule has 0 bridgehead atoms. The van der Waals surface area contributed by atoms with Crippen molar-refractivity contribution >= 4 is 46.7 Å². The predicted molar refractivity (Wildman–Crippen MR) is 65.2 cm³/mol. The van der Waals surface area contributed by atoms with Crippen molar-refractivity contribution in [2.75, 3.05) is 6.61 Å². The van der Waals surface area contributed by atoms with Gasteiger partial charge in [-0.15, -0.1) is 0 Å². The van der Waals surface area contributed by atoms with Crippen LogP contribution in [0.15, 0.2) is 6.20 Å². The fourth-order valence-corrected chi connectivity index (χ4v) is 1.58. The van der Waals surface area contributed by atoms with Gasteiger partial charge in [-0.2, -0.15) is 0 Å². The quantitative estimate of drug-likeness (QED) is 0.776. The second kappa shape index (κ2) is 6.19. The zero-order valence-corrected chi connectivity index (χ0v) is 10.9. The first kappa shape index (κ1) is 15.0. The molecule has 0 aliphatic rings. The first-order valence-electron chi connectivity index (χ1n) is 4.52. The fourth-order valence-electron chi connectivity index (χ4n) is 1.01. The Hall–Kier alpha value is -1.08. The van der Waals surface area contributed by atoms with Gasteiger partial charge in [0.15, 0.2) is 6.04 Å². The Bertz CT molecular complexity index is 495. The van der Waals surface area contributed by atoms with E-state index in [9.17, 15) is 9.59 Å². The van der Waals surface area contributed by atoms with Gasteiger partial charge in [0.1, 0.15) is 5.69 Å². The number of nitrogens with zero attached hydrogens (tertiary/aromatic N) is 1. The van der Waals surface area contributed by atoms with Crippen LogP contribution in [-0.2, 0) is 4.79 Å². The highest BCUT2D eigenvalue weighted by Crippen LogP contribution is 2.30. The highest BCUT2D eigenvalue weighted by molar-refractivity contribution is 6.48. The molecule has 98 valence electrons. The third kappa shape index (κ3) is 3.23. The van der Waals surface area contributed by atoms with Crippen LogP contribution < -0.4 is 5.32 Å². The average Bonchev–Trinajstić information content (AvgIpc) is 2.32. The standard InChI is InChI=1S/C9H7Cl3N2O4/c10-3-1-13-7(6(12)5(3)11)8(16)14-4(2-15)9(17)18/h1,4,15H,2H2,(H,14,16)(H,17,18)/t4-/m1/s1. The van der Waals surface area contributed by atoms with Crippen LogP contribution in [0.5, 0.6) is 0 Å². The van der Waals surface area contributed by atoms with Crippen LogP contribution in [0.4, 0.5) is 0 Å². The van der Waals surface area contributed by atoms with Crippen LogP contribution in [0.2, 0.25) is 15.1 Å². The molecule has 1 aromatic heterocycles. The van der Waals surface area contributed by atoms with E-state index in [0.717, 1.165) is 6.20 Å². The van der Waals surface area contributed by atoms with Crippen molar-refractivity contribution in [3.8, 4) is 0 Å². The van der Waals surface area contributed by atoms with Gasteiger partial charge in [-0.3, -0.25) is 4.79 Å². The normalized spacial score (nSPS) is 12.0. The number of aliphatic carboxylic acids is 1. The molecule has 1 amide bonds. The average molecular weight is 314 g/mol. The number of carboxylic acid groups (broad SMARTS) is 1. The number of aliphatic hydroxyl groups excluding tert-OH is 1. The second-order valence-electron chi connectivity index (χ2n) is 3.13. The van der Waals surface area contributed by atoms with Gasteiger partial charge < -0.3 is 15.5 Å². The molecule has 0 unspecified atom stereocenters. The molecule has 1 aromatic rings. The number of amides is 1. The molecular formula is C9H7Cl3N2O4. The highest BCUT2D eigenvalue weighted by Gasteiger charge is 2.23. The summed E-state index contributed by atoms with van der Waals surface area (Å²) in [4.78, 5) is 25.9. The Kier molecular flexibility index (Phi) is 5.15. The highest BCUT2D eigenvalue weighted by atomic mass is 35.5. The summed E-state index contributed by atoms with van der Waals surface area (Å²) < 4.78 is 0. The Balaban J connectivity index is 2.98. The molecule has 9 heteroatoms.